The Morgan fingerprint density at radius 2 is 1.58 bits per heavy atom. The van der Waals surface area contributed by atoms with E-state index in [0.717, 1.165) is 22.8 Å². The average Bonchev–Trinajstić information content (AvgIpc) is 3.82. The maximum Gasteiger partial charge on any atom is 0.481 e. The molecule has 1 fully saturated rings. The van der Waals surface area contributed by atoms with Gasteiger partial charge in [-0.15, -0.1) is 0 Å². The third-order valence-electron chi connectivity index (χ3n) is 9.02. The number of amides is 2. The van der Waals surface area contributed by atoms with Gasteiger partial charge in [-0.1, -0.05) is 61.4 Å². The molecule has 3 heterocycles. The fourth-order valence-electron chi connectivity index (χ4n) is 5.61. The topological polar surface area (TPSA) is 418 Å². The molecule has 27 nitrogen and oxygen atoms in total. The molecule has 1 aliphatic heterocycles. The molecule has 2 amide bonds. The van der Waals surface area contributed by atoms with Crippen molar-refractivity contribution in [2.45, 2.75) is 50.9 Å². The van der Waals surface area contributed by atoms with Gasteiger partial charge in [0, 0.05) is 30.7 Å². The third kappa shape index (κ3) is 17.4. The first-order chi connectivity index (χ1) is 31.3. The monoisotopic (exact) mass is 1020 g/mol. The Bertz CT molecular complexity index is 2470. The van der Waals surface area contributed by atoms with Crippen molar-refractivity contribution >= 4 is 86.2 Å². The molecular formula is C36H48N7O20P3S. The summed E-state index contributed by atoms with van der Waals surface area (Å²) in [7, 11) is -16.4. The van der Waals surface area contributed by atoms with E-state index < -0.39 is 101 Å². The number of hydrogen-bond donors (Lipinski definition) is 11. The van der Waals surface area contributed by atoms with E-state index >= 15 is 0 Å². The van der Waals surface area contributed by atoms with Gasteiger partial charge in [0.1, 0.15) is 36.3 Å². The molecule has 0 bridgehead atoms. The highest BCUT2D eigenvalue weighted by Gasteiger charge is 2.50. The van der Waals surface area contributed by atoms with Crippen LogP contribution in [0.5, 0.6) is 0 Å². The Labute approximate surface area is 383 Å². The summed E-state index contributed by atoms with van der Waals surface area (Å²) in [5, 5.41) is 25.8. The molecule has 31 heteroatoms. The van der Waals surface area contributed by atoms with Crippen LogP contribution in [0.1, 0.15) is 32.1 Å². The van der Waals surface area contributed by atoms with Crippen LogP contribution in [0.4, 0.5) is 5.82 Å². The molecule has 0 saturated carbocycles. The fraction of sp³-hybridized carbons (Fsp3) is 0.389. The minimum atomic E-state index is -5.59. The summed E-state index contributed by atoms with van der Waals surface area (Å²) in [6, 6.07) is 8.96. The van der Waals surface area contributed by atoms with Crippen LogP contribution in [0, 0.1) is 5.41 Å². The number of nitrogen functional groups attached to an aromatic ring is 1. The van der Waals surface area contributed by atoms with E-state index in [2.05, 4.69) is 34.4 Å². The van der Waals surface area contributed by atoms with E-state index in [0.29, 0.717) is 0 Å². The molecule has 4 unspecified atom stereocenters. The van der Waals surface area contributed by atoms with Crippen LogP contribution in [0.25, 0.3) is 17.2 Å². The SMILES string of the molecule is CC(C)(COP(=O)(O)OP(=O)(O)OC[C@H]1O[C@@H](n2cnc3c(N)ncnc32)[C@H](O)[C@@H]1OP(=O)(O)O)C(O)C(=O)NCCC(=O)NCC[SH](O)C(=O)/C=C/c1ccccc1.O=C1C=CC(=O)C=C1. The van der Waals surface area contributed by atoms with Gasteiger partial charge in [0.05, 0.1) is 19.5 Å². The quantitative estimate of drug-likeness (QED) is 0.0297. The lowest BCUT2D eigenvalue weighted by atomic mass is 9.87. The minimum absolute atomic E-state index is 0.0132. The van der Waals surface area contributed by atoms with Crippen molar-refractivity contribution in [3.05, 3.63) is 78.9 Å². The number of phosphoric acid groups is 3. The molecular weight excluding hydrogens is 975 g/mol. The van der Waals surface area contributed by atoms with Crippen LogP contribution in [0.15, 0.2) is 73.4 Å². The number of aliphatic hydroxyl groups excluding tert-OH is 2. The Balaban J connectivity index is 0.00000110. The van der Waals surface area contributed by atoms with Gasteiger partial charge in [-0.2, -0.15) is 4.31 Å². The van der Waals surface area contributed by atoms with Crippen molar-refractivity contribution in [1.82, 2.24) is 30.2 Å². The molecule has 2 aliphatic rings. The third-order valence-corrected chi connectivity index (χ3v) is 13.4. The number of ketones is 2. The van der Waals surface area contributed by atoms with Gasteiger partial charge >= 0.3 is 23.5 Å². The highest BCUT2D eigenvalue weighted by Crippen LogP contribution is 2.61. The Kier molecular flexibility index (Phi) is 19.7. The van der Waals surface area contributed by atoms with Crippen LogP contribution < -0.4 is 16.4 Å². The van der Waals surface area contributed by atoms with Crippen LogP contribution in [0.3, 0.4) is 0 Å². The summed E-state index contributed by atoms with van der Waals surface area (Å²) < 4.78 is 72.2. The summed E-state index contributed by atoms with van der Waals surface area (Å²) in [4.78, 5) is 108. The zero-order chi connectivity index (χ0) is 49.7. The molecule has 3 aromatic rings. The zero-order valence-electron chi connectivity index (χ0n) is 35.2. The minimum Gasteiger partial charge on any atom is -0.386 e. The first kappa shape index (κ1) is 54.9. The lowest BCUT2D eigenvalue weighted by Crippen LogP contribution is -2.46. The Morgan fingerprint density at radius 1 is 0.955 bits per heavy atom. The summed E-state index contributed by atoms with van der Waals surface area (Å²) in [6.07, 6.45) is 0.723. The number of hydrogen-bond acceptors (Lipinski definition) is 20. The standard InChI is InChI=1S/C30H44N7O18P3S.C6H4O2/c1-30(2,25(41)28(42)33-11-10-20(38)32-12-13-59(50)21(39)9-8-18-6-4-3-5-7-18)15-52-58(48,49)55-57(46,47)51-14-19-24(54-56(43,44)45)23(40)29(53-19)37-17-36-22-26(31)34-16-35-27(22)37;7-5-1-2-6(8)4-3-5/h3-9,16-17,19,23-25,29,40-41,50,59H,10-15H2,1-2H3,(H,32,38)(H,33,42)(H,46,47)(H,48,49)(H2,31,34,35)(H2,43,44,45);1-4H/b9-8+;/t19-,23-,24-,25?,29-;/m1./s1. The van der Waals surface area contributed by atoms with Gasteiger partial charge in [-0.3, -0.25) is 42.1 Å². The largest absolute Gasteiger partial charge is 0.481 e. The van der Waals surface area contributed by atoms with E-state index in [4.69, 9.17) is 19.5 Å². The fourth-order valence-corrected chi connectivity index (χ4v) is 9.23. The predicted molar refractivity (Wildman–Crippen MR) is 235 cm³/mol. The summed E-state index contributed by atoms with van der Waals surface area (Å²) in [6.45, 7) is 0.112. The summed E-state index contributed by atoms with van der Waals surface area (Å²) in [5.41, 5.74) is 4.98. The average molecular weight is 1020 g/mol. The number of aromatic nitrogens is 4. The van der Waals surface area contributed by atoms with Crippen LogP contribution in [-0.4, -0.2) is 139 Å². The normalized spacial score (nSPS) is 21.5. The van der Waals surface area contributed by atoms with Gasteiger partial charge in [0.15, 0.2) is 29.3 Å². The number of imidazole rings is 1. The zero-order valence-corrected chi connectivity index (χ0v) is 38.8. The number of nitrogens with two attached hydrogens (primary N) is 1. The second-order valence-corrected chi connectivity index (χ2v) is 20.7. The lowest BCUT2D eigenvalue weighted by molar-refractivity contribution is -0.137. The molecule has 2 aromatic heterocycles. The number of thiol groups is 1. The number of carbonyl (C=O) groups excluding carboxylic acids is 5. The number of nitrogens with zero attached hydrogens (tertiary/aromatic N) is 4. The number of ether oxygens (including phenoxy) is 1. The summed E-state index contributed by atoms with van der Waals surface area (Å²) in [5.74, 6) is -1.86. The second-order valence-electron chi connectivity index (χ2n) is 14.7. The highest BCUT2D eigenvalue weighted by atomic mass is 32.2. The first-order valence-electron chi connectivity index (χ1n) is 19.3. The highest BCUT2D eigenvalue weighted by molar-refractivity contribution is 8.25. The van der Waals surface area contributed by atoms with Gasteiger partial charge in [-0.05, 0) is 35.9 Å². The number of carbonyl (C=O) groups is 5. The van der Waals surface area contributed by atoms with E-state index in [9.17, 15) is 72.0 Å². The number of phosphoric ester groups is 3. The number of anilines is 1. The van der Waals surface area contributed by atoms with Crippen molar-refractivity contribution in [1.29, 1.82) is 0 Å². The molecule has 0 spiro atoms. The van der Waals surface area contributed by atoms with E-state index in [1.54, 1.807) is 30.3 Å². The number of rotatable bonds is 21. The molecule has 1 saturated heterocycles. The molecule has 368 valence electrons. The van der Waals surface area contributed by atoms with E-state index in [1.165, 1.54) is 44.2 Å². The second kappa shape index (κ2) is 24.0. The number of aliphatic hydroxyl groups is 2. The number of nitrogens with one attached hydrogen (secondary N) is 2. The molecule has 0 radical (unpaired) electrons. The van der Waals surface area contributed by atoms with Crippen molar-refractivity contribution in [2.24, 2.45) is 5.41 Å². The molecule has 67 heavy (non-hydrogen) atoms. The van der Waals surface area contributed by atoms with Crippen LogP contribution in [-0.2, 0) is 60.3 Å². The van der Waals surface area contributed by atoms with Crippen LogP contribution >= 0.6 is 34.6 Å². The maximum atomic E-state index is 12.7. The number of fused-ring (bicyclic) bond motifs is 1. The van der Waals surface area contributed by atoms with Crippen molar-refractivity contribution in [2.75, 3.05) is 37.8 Å². The van der Waals surface area contributed by atoms with Gasteiger partial charge in [0.25, 0.3) is 0 Å². The maximum absolute atomic E-state index is 12.7. The number of benzene rings is 1. The van der Waals surface area contributed by atoms with Crippen molar-refractivity contribution in [3.8, 4) is 0 Å². The Hall–Kier alpha value is -4.70. The first-order valence-corrected chi connectivity index (χ1v) is 25.3. The van der Waals surface area contributed by atoms with Gasteiger partial charge in [0.2, 0.25) is 16.9 Å². The lowest BCUT2D eigenvalue weighted by Gasteiger charge is -2.30. The van der Waals surface area contributed by atoms with Gasteiger partial charge < -0.3 is 55.4 Å². The van der Waals surface area contributed by atoms with E-state index in [-0.39, 0.29) is 53.8 Å². The number of allylic oxidation sites excluding steroid dienone is 4. The molecule has 11 N–H and O–H groups in total. The van der Waals surface area contributed by atoms with Gasteiger partial charge in [-0.25, -0.2) is 28.6 Å². The smallest absolute Gasteiger partial charge is 0.386 e. The van der Waals surface area contributed by atoms with Crippen molar-refractivity contribution in [3.63, 3.8) is 0 Å². The Morgan fingerprint density at radius 3 is 2.21 bits per heavy atom. The molecule has 5 rings (SSSR count). The summed E-state index contributed by atoms with van der Waals surface area (Å²) >= 11 is -2.05. The molecule has 1 aliphatic carbocycles. The van der Waals surface area contributed by atoms with Crippen molar-refractivity contribution < 1.29 is 94.6 Å². The molecule has 1 aromatic carbocycles. The predicted octanol–water partition coefficient (Wildman–Crippen LogP) is 0.370. The molecule has 8 atom stereocenters. The van der Waals surface area contributed by atoms with Crippen LogP contribution in [0.2, 0.25) is 0 Å². The van der Waals surface area contributed by atoms with E-state index in [1.807, 2.05) is 6.07 Å².